The fourth-order valence-corrected chi connectivity index (χ4v) is 2.04. The number of carbonyl (C=O) groups excluding carboxylic acids is 1. The van der Waals surface area contributed by atoms with Gasteiger partial charge in [0.2, 0.25) is 0 Å². The van der Waals surface area contributed by atoms with Crippen LogP contribution in [0.4, 0.5) is 5.69 Å². The van der Waals surface area contributed by atoms with Crippen LogP contribution in [-0.4, -0.2) is 17.3 Å². The maximum absolute atomic E-state index is 11.8. The zero-order chi connectivity index (χ0) is 13.2. The van der Waals surface area contributed by atoms with Gasteiger partial charge in [-0.3, -0.25) is 4.79 Å². The summed E-state index contributed by atoms with van der Waals surface area (Å²) >= 11 is 5.82. The molecule has 0 radical (unpaired) electrons. The van der Waals surface area contributed by atoms with Crippen molar-refractivity contribution in [3.63, 3.8) is 0 Å². The molecule has 5 heteroatoms. The van der Waals surface area contributed by atoms with Crippen LogP contribution >= 0.6 is 11.6 Å². The highest BCUT2D eigenvalue weighted by molar-refractivity contribution is 6.53. The van der Waals surface area contributed by atoms with Gasteiger partial charge < -0.3 is 5.32 Å². The van der Waals surface area contributed by atoms with Gasteiger partial charge in [0.1, 0.15) is 0 Å². The number of hydrogen-bond donors (Lipinski definition) is 1. The van der Waals surface area contributed by atoms with Gasteiger partial charge in [-0.05, 0) is 18.2 Å². The molecule has 1 heterocycles. The van der Waals surface area contributed by atoms with Gasteiger partial charge in [-0.1, -0.05) is 35.9 Å². The molecule has 1 aromatic rings. The van der Waals surface area contributed by atoms with Crippen LogP contribution in [0.15, 0.2) is 57.7 Å². The van der Waals surface area contributed by atoms with E-state index >= 15 is 0 Å². The van der Waals surface area contributed by atoms with Crippen LogP contribution in [-0.2, 0) is 4.79 Å². The summed E-state index contributed by atoms with van der Waals surface area (Å²) in [6, 6.07) is 7.42. The SMILES string of the molecule is O=C1Nc2ccccc2C1=NN=C1C=CC(Cl)=CC1. The summed E-state index contributed by atoms with van der Waals surface area (Å²) in [6.07, 6.45) is 6.02. The second-order valence-electron chi connectivity index (χ2n) is 4.17. The van der Waals surface area contributed by atoms with Crippen molar-refractivity contribution in [2.45, 2.75) is 6.42 Å². The van der Waals surface area contributed by atoms with Crippen LogP contribution in [0.3, 0.4) is 0 Å². The van der Waals surface area contributed by atoms with E-state index in [0.717, 1.165) is 17.0 Å². The molecule has 3 rings (SSSR count). The van der Waals surface area contributed by atoms with Crippen LogP contribution in [0.1, 0.15) is 12.0 Å². The van der Waals surface area contributed by atoms with Crippen LogP contribution < -0.4 is 5.32 Å². The first-order chi connectivity index (χ1) is 9.24. The van der Waals surface area contributed by atoms with E-state index in [4.69, 9.17) is 11.6 Å². The lowest BCUT2D eigenvalue weighted by Gasteiger charge is -2.01. The summed E-state index contributed by atoms with van der Waals surface area (Å²) in [6.45, 7) is 0. The molecule has 0 bridgehead atoms. The van der Waals surface area contributed by atoms with Crippen LogP contribution in [0.5, 0.6) is 0 Å². The zero-order valence-corrected chi connectivity index (χ0v) is 10.7. The number of carbonyl (C=O) groups is 1. The summed E-state index contributed by atoms with van der Waals surface area (Å²) in [5, 5.41) is 11.6. The molecule has 1 N–H and O–H groups in total. The largest absolute Gasteiger partial charge is 0.320 e. The van der Waals surface area contributed by atoms with E-state index in [1.807, 2.05) is 30.3 Å². The second-order valence-corrected chi connectivity index (χ2v) is 4.60. The van der Waals surface area contributed by atoms with Crippen molar-refractivity contribution < 1.29 is 4.79 Å². The molecule has 1 aliphatic heterocycles. The molecule has 0 saturated carbocycles. The second kappa shape index (κ2) is 4.82. The molecule has 4 nitrogen and oxygen atoms in total. The fourth-order valence-electron chi connectivity index (χ4n) is 1.90. The van der Waals surface area contributed by atoms with Crippen LogP contribution in [0.2, 0.25) is 0 Å². The normalized spacial score (nSPS) is 21.5. The number of hydrogen-bond acceptors (Lipinski definition) is 3. The molecule has 94 valence electrons. The maximum Gasteiger partial charge on any atom is 0.276 e. The van der Waals surface area contributed by atoms with Crippen LogP contribution in [0.25, 0.3) is 0 Å². The number of rotatable bonds is 1. The Bertz CT molecular complexity index is 671. The summed E-state index contributed by atoms with van der Waals surface area (Å²) in [5.41, 5.74) is 2.67. The summed E-state index contributed by atoms with van der Waals surface area (Å²) in [5.74, 6) is -0.223. The quantitative estimate of drug-likeness (QED) is 0.785. The van der Waals surface area contributed by atoms with E-state index in [9.17, 15) is 4.79 Å². The number of nitrogens with one attached hydrogen (secondary N) is 1. The Labute approximate surface area is 115 Å². The molecule has 1 amide bonds. The molecule has 19 heavy (non-hydrogen) atoms. The topological polar surface area (TPSA) is 53.8 Å². The number of fused-ring (bicyclic) bond motifs is 1. The Morgan fingerprint density at radius 3 is 2.79 bits per heavy atom. The number of allylic oxidation sites excluding steroid dienone is 4. The fraction of sp³-hybridized carbons (Fsp3) is 0.0714. The molecule has 0 spiro atoms. The van der Waals surface area contributed by atoms with Gasteiger partial charge >= 0.3 is 0 Å². The Morgan fingerprint density at radius 2 is 2.00 bits per heavy atom. The first-order valence-electron chi connectivity index (χ1n) is 5.83. The van der Waals surface area contributed by atoms with E-state index in [2.05, 4.69) is 15.5 Å². The van der Waals surface area contributed by atoms with Crippen molar-refractivity contribution in [3.8, 4) is 0 Å². The van der Waals surface area contributed by atoms with Gasteiger partial charge in [-0.2, -0.15) is 5.10 Å². The first-order valence-corrected chi connectivity index (χ1v) is 6.21. The lowest BCUT2D eigenvalue weighted by Crippen LogP contribution is -2.14. The zero-order valence-electron chi connectivity index (χ0n) is 9.93. The van der Waals surface area contributed by atoms with E-state index < -0.39 is 0 Å². The van der Waals surface area contributed by atoms with Crippen LogP contribution in [0, 0.1) is 0 Å². The molecule has 1 aromatic carbocycles. The van der Waals surface area contributed by atoms with E-state index in [1.54, 1.807) is 12.2 Å². The van der Waals surface area contributed by atoms with Crippen molar-refractivity contribution in [1.82, 2.24) is 0 Å². The Kier molecular flexibility index (Phi) is 3.01. The third-order valence-electron chi connectivity index (χ3n) is 2.87. The molecular formula is C14H10ClN3O. The molecule has 2 aliphatic rings. The summed E-state index contributed by atoms with van der Waals surface area (Å²) in [7, 11) is 0. The van der Waals surface area contributed by atoms with Gasteiger partial charge in [-0.25, -0.2) is 0 Å². The average molecular weight is 272 g/mol. The predicted octanol–water partition coefficient (Wildman–Crippen LogP) is 2.87. The number of anilines is 1. The molecule has 0 fully saturated rings. The molecule has 0 saturated heterocycles. The van der Waals surface area contributed by atoms with Crippen molar-refractivity contribution >= 4 is 34.6 Å². The molecular weight excluding hydrogens is 262 g/mol. The Morgan fingerprint density at radius 1 is 1.16 bits per heavy atom. The average Bonchev–Trinajstić information content (AvgIpc) is 2.74. The van der Waals surface area contributed by atoms with Crippen molar-refractivity contribution in [2.75, 3.05) is 5.32 Å². The highest BCUT2D eigenvalue weighted by atomic mass is 35.5. The van der Waals surface area contributed by atoms with Crippen molar-refractivity contribution in [2.24, 2.45) is 10.2 Å². The van der Waals surface area contributed by atoms with Gasteiger partial charge in [0.15, 0.2) is 5.71 Å². The molecule has 0 aromatic heterocycles. The lowest BCUT2D eigenvalue weighted by atomic mass is 10.1. The highest BCUT2D eigenvalue weighted by Gasteiger charge is 2.25. The number of halogens is 1. The minimum atomic E-state index is -0.223. The van der Waals surface area contributed by atoms with Gasteiger partial charge in [0, 0.05) is 17.0 Å². The molecule has 0 atom stereocenters. The van der Waals surface area contributed by atoms with Gasteiger partial charge in [0.25, 0.3) is 5.91 Å². The smallest absolute Gasteiger partial charge is 0.276 e. The summed E-state index contributed by atoms with van der Waals surface area (Å²) < 4.78 is 0. The minimum Gasteiger partial charge on any atom is -0.320 e. The Balaban J connectivity index is 1.91. The minimum absolute atomic E-state index is 0.223. The Hall–Kier alpha value is -2.20. The third kappa shape index (κ3) is 2.35. The van der Waals surface area contributed by atoms with Crippen molar-refractivity contribution in [1.29, 1.82) is 0 Å². The maximum atomic E-state index is 11.8. The van der Waals surface area contributed by atoms with Crippen molar-refractivity contribution in [3.05, 3.63) is 53.1 Å². The number of nitrogens with zero attached hydrogens (tertiary/aromatic N) is 2. The first kappa shape index (κ1) is 11.9. The predicted molar refractivity (Wildman–Crippen MR) is 76.7 cm³/mol. The van der Waals surface area contributed by atoms with Gasteiger partial charge in [0.05, 0.1) is 11.4 Å². The van der Waals surface area contributed by atoms with E-state index in [1.165, 1.54) is 0 Å². The van der Waals surface area contributed by atoms with Gasteiger partial charge in [-0.15, -0.1) is 5.10 Å². The number of amides is 1. The number of benzene rings is 1. The highest BCUT2D eigenvalue weighted by Crippen LogP contribution is 2.22. The molecule has 1 aliphatic carbocycles. The van der Waals surface area contributed by atoms with E-state index in [-0.39, 0.29) is 5.91 Å². The number of para-hydroxylation sites is 1. The molecule has 0 unspecified atom stereocenters. The van der Waals surface area contributed by atoms with E-state index in [0.29, 0.717) is 17.2 Å². The monoisotopic (exact) mass is 271 g/mol. The lowest BCUT2D eigenvalue weighted by molar-refractivity contribution is -0.110. The standard InChI is InChI=1S/C14H10ClN3O/c15-9-5-7-10(8-6-9)17-18-13-11-3-1-2-4-12(11)16-14(13)19/h1-7H,8H2,(H,16,18,19). The third-order valence-corrected chi connectivity index (χ3v) is 3.15. The summed E-state index contributed by atoms with van der Waals surface area (Å²) in [4.78, 5) is 11.8.